The zero-order chi connectivity index (χ0) is 24.4. The smallest absolute Gasteiger partial charge is 0.274 e. The van der Waals surface area contributed by atoms with Crippen molar-refractivity contribution >= 4 is 28.5 Å². The number of aliphatic imine (C=N–C) groups is 1. The third kappa shape index (κ3) is 4.56. The third-order valence-corrected chi connectivity index (χ3v) is 7.27. The standard InChI is InChI=1S/C23H25F2N5O2S/c1-13-7-15(9-26)10-28-19(13)20(31)29-16-5-6-18(25)17(8-16)23(11-24)14(2)22(3,12-32-4)33-21(27)30-23/h5-8,10,14H,11-12H2,1-4H3,(H2,27,30)(H,29,31)/t14-,22-,23+/m1/s1. The van der Waals surface area contributed by atoms with Crippen molar-refractivity contribution in [3.63, 3.8) is 0 Å². The van der Waals surface area contributed by atoms with Crippen LogP contribution in [0.15, 0.2) is 35.5 Å². The number of aryl methyl sites for hydroxylation is 1. The van der Waals surface area contributed by atoms with E-state index in [2.05, 4.69) is 15.3 Å². The van der Waals surface area contributed by atoms with E-state index in [1.54, 1.807) is 19.9 Å². The maximum Gasteiger partial charge on any atom is 0.274 e. The van der Waals surface area contributed by atoms with Crippen LogP contribution in [-0.2, 0) is 10.3 Å². The monoisotopic (exact) mass is 473 g/mol. The van der Waals surface area contributed by atoms with Crippen LogP contribution in [0.2, 0.25) is 0 Å². The minimum absolute atomic E-state index is 0.00890. The van der Waals surface area contributed by atoms with Gasteiger partial charge in [0.1, 0.15) is 29.8 Å². The van der Waals surface area contributed by atoms with E-state index in [4.69, 9.17) is 15.7 Å². The van der Waals surface area contributed by atoms with Gasteiger partial charge in [-0.25, -0.2) is 18.8 Å². The summed E-state index contributed by atoms with van der Waals surface area (Å²) in [7, 11) is 1.54. The molecule has 1 aliphatic heterocycles. The largest absolute Gasteiger partial charge is 0.383 e. The Labute approximate surface area is 195 Å². The molecule has 0 fully saturated rings. The normalized spacial score (nSPS) is 24.6. The van der Waals surface area contributed by atoms with Crippen LogP contribution in [0.25, 0.3) is 0 Å². The van der Waals surface area contributed by atoms with Crippen molar-refractivity contribution in [1.29, 1.82) is 5.26 Å². The van der Waals surface area contributed by atoms with Crippen molar-refractivity contribution in [1.82, 2.24) is 4.98 Å². The Morgan fingerprint density at radius 3 is 2.76 bits per heavy atom. The summed E-state index contributed by atoms with van der Waals surface area (Å²) in [4.78, 5) is 21.2. The molecule has 1 aromatic carbocycles. The summed E-state index contributed by atoms with van der Waals surface area (Å²) in [5, 5.41) is 11.8. The van der Waals surface area contributed by atoms with Crippen molar-refractivity contribution in [2.24, 2.45) is 16.6 Å². The molecule has 0 saturated carbocycles. The average Bonchev–Trinajstić information content (AvgIpc) is 2.77. The second-order valence-corrected chi connectivity index (χ2v) is 9.78. The van der Waals surface area contributed by atoms with Gasteiger partial charge in [-0.1, -0.05) is 18.7 Å². The maximum absolute atomic E-state index is 15.1. The number of nitrogens with zero attached hydrogens (tertiary/aromatic N) is 3. The van der Waals surface area contributed by atoms with Gasteiger partial charge in [0.25, 0.3) is 5.91 Å². The summed E-state index contributed by atoms with van der Waals surface area (Å²) < 4.78 is 34.4. The summed E-state index contributed by atoms with van der Waals surface area (Å²) in [6.07, 6.45) is 1.30. The topological polar surface area (TPSA) is 113 Å². The number of nitrogens with two attached hydrogens (primary N) is 1. The van der Waals surface area contributed by atoms with E-state index in [1.807, 2.05) is 13.0 Å². The second-order valence-electron chi connectivity index (χ2n) is 8.23. The predicted molar refractivity (Wildman–Crippen MR) is 124 cm³/mol. The number of carbonyl (C=O) groups is 1. The molecule has 3 rings (SSSR count). The van der Waals surface area contributed by atoms with Crippen molar-refractivity contribution < 1.29 is 18.3 Å². The van der Waals surface area contributed by atoms with Gasteiger partial charge in [0.15, 0.2) is 5.17 Å². The number of carbonyl (C=O) groups excluding carboxylic acids is 1. The number of thioether (sulfide) groups is 1. The molecule has 2 heterocycles. The van der Waals surface area contributed by atoms with E-state index < -0.39 is 34.6 Å². The number of pyridine rings is 1. The van der Waals surface area contributed by atoms with Crippen LogP contribution in [0.5, 0.6) is 0 Å². The van der Waals surface area contributed by atoms with Gasteiger partial charge in [-0.2, -0.15) is 5.26 Å². The van der Waals surface area contributed by atoms with Crippen molar-refractivity contribution in [2.45, 2.75) is 31.1 Å². The van der Waals surface area contributed by atoms with Gasteiger partial charge in [-0.05, 0) is 43.7 Å². The molecule has 3 atom stereocenters. The molecule has 10 heteroatoms. The van der Waals surface area contributed by atoms with Crippen LogP contribution in [0.3, 0.4) is 0 Å². The number of nitrogens with one attached hydrogen (secondary N) is 1. The van der Waals surface area contributed by atoms with Gasteiger partial charge >= 0.3 is 0 Å². The molecule has 0 bridgehead atoms. The number of hydrogen-bond acceptors (Lipinski definition) is 7. The first-order valence-electron chi connectivity index (χ1n) is 10.2. The number of ether oxygens (including phenoxy) is 1. The SMILES string of the molecule is COC[C@@]1(C)SC(N)=N[C@](CF)(c2cc(NC(=O)c3ncc(C#N)cc3C)ccc2F)[C@@H]1C. The highest BCUT2D eigenvalue weighted by Gasteiger charge is 2.53. The lowest BCUT2D eigenvalue weighted by Gasteiger charge is -2.47. The van der Waals surface area contributed by atoms with Crippen LogP contribution in [0.1, 0.15) is 41.0 Å². The third-order valence-electron chi connectivity index (χ3n) is 6.03. The van der Waals surface area contributed by atoms with Crippen LogP contribution in [-0.4, -0.2) is 41.2 Å². The maximum atomic E-state index is 15.1. The molecule has 1 amide bonds. The highest BCUT2D eigenvalue weighted by molar-refractivity contribution is 8.15. The minimum Gasteiger partial charge on any atom is -0.383 e. The molecule has 3 N–H and O–H groups in total. The molecule has 0 aliphatic carbocycles. The highest BCUT2D eigenvalue weighted by Crippen LogP contribution is 2.51. The van der Waals surface area contributed by atoms with Gasteiger partial charge in [-0.15, -0.1) is 0 Å². The summed E-state index contributed by atoms with van der Waals surface area (Å²) >= 11 is 1.27. The molecule has 1 aliphatic rings. The van der Waals surface area contributed by atoms with Crippen LogP contribution in [0, 0.1) is 30.0 Å². The molecule has 0 radical (unpaired) electrons. The fourth-order valence-corrected chi connectivity index (χ4v) is 5.33. The Kier molecular flexibility index (Phi) is 7.05. The van der Waals surface area contributed by atoms with Crippen molar-refractivity contribution in [2.75, 3.05) is 25.7 Å². The quantitative estimate of drug-likeness (QED) is 0.657. The first-order valence-corrected chi connectivity index (χ1v) is 11.0. The molecule has 33 heavy (non-hydrogen) atoms. The Hall–Kier alpha value is -3.03. The van der Waals surface area contributed by atoms with Crippen molar-refractivity contribution in [3.05, 3.63) is 58.7 Å². The molecule has 0 unspecified atom stereocenters. The number of alkyl halides is 1. The lowest BCUT2D eigenvalue weighted by molar-refractivity contribution is 0.102. The summed E-state index contributed by atoms with van der Waals surface area (Å²) in [6, 6.07) is 7.43. The lowest BCUT2D eigenvalue weighted by atomic mass is 9.73. The molecular weight excluding hydrogens is 448 g/mol. The highest BCUT2D eigenvalue weighted by atomic mass is 32.2. The zero-order valence-electron chi connectivity index (χ0n) is 18.8. The van der Waals surface area contributed by atoms with E-state index in [9.17, 15) is 9.18 Å². The zero-order valence-corrected chi connectivity index (χ0v) is 19.6. The summed E-state index contributed by atoms with van der Waals surface area (Å²) in [5.41, 5.74) is 5.67. The van der Waals surface area contributed by atoms with Crippen LogP contribution < -0.4 is 11.1 Å². The molecule has 2 aromatic rings. The lowest BCUT2D eigenvalue weighted by Crippen LogP contribution is -2.53. The molecule has 7 nitrogen and oxygen atoms in total. The molecule has 0 spiro atoms. The Morgan fingerprint density at radius 2 is 2.15 bits per heavy atom. The van der Waals surface area contributed by atoms with E-state index in [0.717, 1.165) is 6.07 Å². The first kappa shape index (κ1) is 24.6. The first-order chi connectivity index (χ1) is 15.6. The Morgan fingerprint density at radius 1 is 1.42 bits per heavy atom. The second kappa shape index (κ2) is 9.45. The van der Waals surface area contributed by atoms with E-state index in [-0.39, 0.29) is 28.7 Å². The number of rotatable bonds is 6. The number of amides is 1. The average molecular weight is 474 g/mol. The van der Waals surface area contributed by atoms with E-state index in [1.165, 1.54) is 37.2 Å². The van der Waals surface area contributed by atoms with Gasteiger partial charge in [0.05, 0.1) is 12.2 Å². The number of methoxy groups -OCH3 is 1. The van der Waals surface area contributed by atoms with E-state index in [0.29, 0.717) is 11.1 Å². The summed E-state index contributed by atoms with van der Waals surface area (Å²) in [5.74, 6) is -1.69. The molecule has 1 aromatic heterocycles. The van der Waals surface area contributed by atoms with Crippen LogP contribution in [0.4, 0.5) is 14.5 Å². The number of benzene rings is 1. The van der Waals surface area contributed by atoms with Gasteiger partial charge < -0.3 is 15.8 Å². The Bertz CT molecular complexity index is 1150. The molecule has 0 saturated heterocycles. The Balaban J connectivity index is 2.02. The fraction of sp³-hybridized carbons (Fsp3) is 0.391. The van der Waals surface area contributed by atoms with Gasteiger partial charge in [0, 0.05) is 35.2 Å². The number of aromatic nitrogens is 1. The van der Waals surface area contributed by atoms with Gasteiger partial charge in [0.2, 0.25) is 0 Å². The minimum atomic E-state index is -1.59. The predicted octanol–water partition coefficient (Wildman–Crippen LogP) is 3.92. The molecular formula is C23H25F2N5O2S. The number of halogens is 2. The number of amidine groups is 1. The molecule has 174 valence electrons. The number of hydrogen-bond donors (Lipinski definition) is 2. The summed E-state index contributed by atoms with van der Waals surface area (Å²) in [6.45, 7) is 4.60. The van der Waals surface area contributed by atoms with Gasteiger partial charge in [-0.3, -0.25) is 4.79 Å². The van der Waals surface area contributed by atoms with E-state index >= 15 is 4.39 Å². The van der Waals surface area contributed by atoms with Crippen LogP contribution >= 0.6 is 11.8 Å². The van der Waals surface area contributed by atoms with Crippen molar-refractivity contribution in [3.8, 4) is 6.07 Å². The fourth-order valence-electron chi connectivity index (χ4n) is 4.10. The number of nitriles is 1. The number of anilines is 1.